The van der Waals surface area contributed by atoms with E-state index < -0.39 is 0 Å². The Morgan fingerprint density at radius 1 is 1.19 bits per heavy atom. The van der Waals surface area contributed by atoms with Crippen LogP contribution in [0.5, 0.6) is 0 Å². The fourth-order valence-corrected chi connectivity index (χ4v) is 4.08. The lowest BCUT2D eigenvalue weighted by Crippen LogP contribution is -2.17. The number of halogens is 1. The molecule has 21 heavy (non-hydrogen) atoms. The second-order valence-corrected chi connectivity index (χ2v) is 6.89. The maximum absolute atomic E-state index is 6.03. The molecule has 2 aromatic carbocycles. The van der Waals surface area contributed by atoms with Crippen LogP contribution in [0.1, 0.15) is 30.0 Å². The smallest absolute Gasteiger partial charge is 0.184 e. The Morgan fingerprint density at radius 3 is 3.05 bits per heavy atom. The van der Waals surface area contributed by atoms with E-state index in [1.54, 1.807) is 11.3 Å². The van der Waals surface area contributed by atoms with Crippen LogP contribution in [-0.2, 0) is 6.42 Å². The molecule has 2 nitrogen and oxygen atoms in total. The first-order valence-corrected chi connectivity index (χ1v) is 8.39. The topological polar surface area (TPSA) is 24.9 Å². The Labute approximate surface area is 132 Å². The van der Waals surface area contributed by atoms with Gasteiger partial charge in [0, 0.05) is 5.02 Å². The fraction of sp³-hybridized carbons (Fsp3) is 0.235. The van der Waals surface area contributed by atoms with Crippen molar-refractivity contribution < 1.29 is 0 Å². The number of hydrogen-bond acceptors (Lipinski definition) is 3. The normalized spacial score (nSPS) is 17.7. The third-order valence-corrected chi connectivity index (χ3v) is 5.22. The zero-order chi connectivity index (χ0) is 14.2. The summed E-state index contributed by atoms with van der Waals surface area (Å²) in [5.41, 5.74) is 3.85. The average molecular weight is 315 g/mol. The van der Waals surface area contributed by atoms with Crippen molar-refractivity contribution in [3.63, 3.8) is 0 Å². The van der Waals surface area contributed by atoms with Crippen LogP contribution in [0.15, 0.2) is 42.5 Å². The number of benzene rings is 2. The number of aromatic nitrogens is 1. The van der Waals surface area contributed by atoms with Gasteiger partial charge in [-0.25, -0.2) is 4.98 Å². The summed E-state index contributed by atoms with van der Waals surface area (Å²) in [5, 5.41) is 5.33. The van der Waals surface area contributed by atoms with E-state index in [1.165, 1.54) is 28.7 Å². The van der Waals surface area contributed by atoms with Crippen LogP contribution < -0.4 is 5.32 Å². The zero-order valence-electron chi connectivity index (χ0n) is 11.5. The van der Waals surface area contributed by atoms with E-state index in [1.807, 2.05) is 18.2 Å². The van der Waals surface area contributed by atoms with Gasteiger partial charge in [-0.2, -0.15) is 0 Å². The Hall–Kier alpha value is -1.58. The summed E-state index contributed by atoms with van der Waals surface area (Å²) < 4.78 is 1.17. The molecule has 1 atom stereocenters. The van der Waals surface area contributed by atoms with Gasteiger partial charge in [0.05, 0.1) is 16.3 Å². The standard InChI is InChI=1S/C17H15ClN2S/c18-12-8-9-16-15(10-12)20-17(21-16)19-14-7-3-5-11-4-1-2-6-13(11)14/h1-2,4,6,8-10,14H,3,5,7H2,(H,19,20). The third kappa shape index (κ3) is 2.52. The molecule has 3 aromatic rings. The molecule has 1 aliphatic rings. The molecule has 0 radical (unpaired) electrons. The van der Waals surface area contributed by atoms with E-state index >= 15 is 0 Å². The van der Waals surface area contributed by atoms with Gasteiger partial charge in [-0.15, -0.1) is 0 Å². The lowest BCUT2D eigenvalue weighted by atomic mass is 9.88. The van der Waals surface area contributed by atoms with E-state index in [2.05, 4.69) is 34.6 Å². The minimum Gasteiger partial charge on any atom is -0.355 e. The van der Waals surface area contributed by atoms with Gasteiger partial charge < -0.3 is 5.32 Å². The fourth-order valence-electron chi connectivity index (χ4n) is 3.02. The lowest BCUT2D eigenvalue weighted by Gasteiger charge is -2.26. The molecular formula is C17H15ClN2S. The van der Waals surface area contributed by atoms with Gasteiger partial charge >= 0.3 is 0 Å². The highest BCUT2D eigenvalue weighted by Crippen LogP contribution is 2.35. The third-order valence-electron chi connectivity index (χ3n) is 4.02. The number of aryl methyl sites for hydroxylation is 1. The van der Waals surface area contributed by atoms with Gasteiger partial charge in [-0.05, 0) is 48.6 Å². The number of hydrogen-bond donors (Lipinski definition) is 1. The van der Waals surface area contributed by atoms with E-state index in [0.29, 0.717) is 6.04 Å². The first-order chi connectivity index (χ1) is 10.3. The van der Waals surface area contributed by atoms with Crippen molar-refractivity contribution in [2.45, 2.75) is 25.3 Å². The van der Waals surface area contributed by atoms with Gasteiger partial charge in [0.1, 0.15) is 0 Å². The molecule has 0 amide bonds. The largest absolute Gasteiger partial charge is 0.355 e. The molecule has 1 aliphatic carbocycles. The van der Waals surface area contributed by atoms with Gasteiger partial charge in [-0.1, -0.05) is 47.2 Å². The highest BCUT2D eigenvalue weighted by atomic mass is 35.5. The number of fused-ring (bicyclic) bond motifs is 2. The highest BCUT2D eigenvalue weighted by Gasteiger charge is 2.20. The maximum Gasteiger partial charge on any atom is 0.184 e. The van der Waals surface area contributed by atoms with Crippen molar-refractivity contribution in [1.29, 1.82) is 0 Å². The highest BCUT2D eigenvalue weighted by molar-refractivity contribution is 7.22. The van der Waals surface area contributed by atoms with E-state index in [9.17, 15) is 0 Å². The number of nitrogens with zero attached hydrogens (tertiary/aromatic N) is 1. The molecule has 0 aliphatic heterocycles. The number of anilines is 1. The molecule has 1 unspecified atom stereocenters. The summed E-state index contributed by atoms with van der Waals surface area (Å²) in [6.07, 6.45) is 3.57. The van der Waals surface area contributed by atoms with Crippen LogP contribution in [0.2, 0.25) is 5.02 Å². The first-order valence-electron chi connectivity index (χ1n) is 7.20. The molecule has 1 N–H and O–H groups in total. The van der Waals surface area contributed by atoms with Gasteiger partial charge in [0.25, 0.3) is 0 Å². The summed E-state index contributed by atoms with van der Waals surface area (Å²) in [6.45, 7) is 0. The average Bonchev–Trinajstić information content (AvgIpc) is 2.89. The zero-order valence-corrected chi connectivity index (χ0v) is 13.0. The van der Waals surface area contributed by atoms with Crippen molar-refractivity contribution in [3.05, 3.63) is 58.6 Å². The molecule has 0 spiro atoms. The maximum atomic E-state index is 6.03. The molecule has 4 rings (SSSR count). The van der Waals surface area contributed by atoms with Crippen molar-refractivity contribution in [2.75, 3.05) is 5.32 Å². The van der Waals surface area contributed by atoms with E-state index in [-0.39, 0.29) is 0 Å². The lowest BCUT2D eigenvalue weighted by molar-refractivity contribution is 0.600. The van der Waals surface area contributed by atoms with Crippen LogP contribution in [0.3, 0.4) is 0 Å². The molecule has 0 saturated heterocycles. The monoisotopic (exact) mass is 314 g/mol. The van der Waals surface area contributed by atoms with Gasteiger partial charge in [0.15, 0.2) is 5.13 Å². The second-order valence-electron chi connectivity index (χ2n) is 5.42. The molecule has 0 fully saturated rings. The Balaban J connectivity index is 1.66. The summed E-state index contributed by atoms with van der Waals surface area (Å²) in [4.78, 5) is 4.66. The molecule has 0 bridgehead atoms. The summed E-state index contributed by atoms with van der Waals surface area (Å²) in [5.74, 6) is 0. The predicted octanol–water partition coefficient (Wildman–Crippen LogP) is 5.44. The molecule has 1 heterocycles. The summed E-state index contributed by atoms with van der Waals surface area (Å²) >= 11 is 7.72. The molecular weight excluding hydrogens is 300 g/mol. The molecule has 1 aromatic heterocycles. The predicted molar refractivity (Wildman–Crippen MR) is 90.4 cm³/mol. The van der Waals surface area contributed by atoms with Crippen LogP contribution >= 0.6 is 22.9 Å². The number of thiazole rings is 1. The number of rotatable bonds is 2. The minimum atomic E-state index is 0.367. The minimum absolute atomic E-state index is 0.367. The number of nitrogens with one attached hydrogen (secondary N) is 1. The molecule has 4 heteroatoms. The van der Waals surface area contributed by atoms with Crippen molar-refractivity contribution in [1.82, 2.24) is 4.98 Å². The van der Waals surface area contributed by atoms with Crippen LogP contribution in [0.25, 0.3) is 10.2 Å². The SMILES string of the molecule is Clc1ccc2sc(NC3CCCc4ccccc43)nc2c1. The van der Waals surface area contributed by atoms with Gasteiger partial charge in [0.2, 0.25) is 0 Å². The Kier molecular flexibility index (Phi) is 3.32. The van der Waals surface area contributed by atoms with Crippen LogP contribution in [-0.4, -0.2) is 4.98 Å². The van der Waals surface area contributed by atoms with Crippen molar-refractivity contribution >= 4 is 38.3 Å². The van der Waals surface area contributed by atoms with E-state index in [0.717, 1.165) is 22.1 Å². The van der Waals surface area contributed by atoms with Crippen molar-refractivity contribution in [2.24, 2.45) is 0 Å². The van der Waals surface area contributed by atoms with E-state index in [4.69, 9.17) is 11.6 Å². The summed E-state index contributed by atoms with van der Waals surface area (Å²) in [6, 6.07) is 15.0. The van der Waals surface area contributed by atoms with Gasteiger partial charge in [-0.3, -0.25) is 0 Å². The van der Waals surface area contributed by atoms with Crippen molar-refractivity contribution in [3.8, 4) is 0 Å². The Bertz CT molecular complexity index is 796. The first kappa shape index (κ1) is 13.1. The molecule has 106 valence electrons. The van der Waals surface area contributed by atoms with Crippen LogP contribution in [0, 0.1) is 0 Å². The quantitative estimate of drug-likeness (QED) is 0.681. The van der Waals surface area contributed by atoms with Crippen LogP contribution in [0.4, 0.5) is 5.13 Å². The summed E-state index contributed by atoms with van der Waals surface area (Å²) in [7, 11) is 0. The molecule has 0 saturated carbocycles. The Morgan fingerprint density at radius 2 is 2.10 bits per heavy atom. The second kappa shape index (κ2) is 5.32.